The molecule has 10 heteroatoms. The van der Waals surface area contributed by atoms with Gasteiger partial charge in [-0.1, -0.05) is 94.6 Å². The Morgan fingerprint density at radius 1 is 0.889 bits per heavy atom. The molecule has 1 N–H and O–H groups in total. The standard InChI is InChI=1S/C35H37BrClN3O4S/c1-4-26(3)38-35(42)33(22-27-9-6-5-7-10-27)39(23-28-11-8-12-29(36)21-28)34(41)24-40(31-17-13-25(2)14-18-31)45(43,44)32-19-15-30(37)16-20-32/h5-21,26,33H,4,22-24H2,1-3H3,(H,38,42)/t26-,33-/m0/s1. The summed E-state index contributed by atoms with van der Waals surface area (Å²) in [5.74, 6) is -0.827. The van der Waals surface area contributed by atoms with Gasteiger partial charge in [0, 0.05) is 28.5 Å². The van der Waals surface area contributed by atoms with Crippen LogP contribution < -0.4 is 9.62 Å². The van der Waals surface area contributed by atoms with Gasteiger partial charge in [-0.05, 0) is 79.9 Å². The Bertz CT molecular complexity index is 1700. The summed E-state index contributed by atoms with van der Waals surface area (Å²) in [6, 6.07) is 28.7. The monoisotopic (exact) mass is 709 g/mol. The van der Waals surface area contributed by atoms with Crippen molar-refractivity contribution in [3.63, 3.8) is 0 Å². The molecule has 4 rings (SSSR count). The second kappa shape index (κ2) is 15.6. The van der Waals surface area contributed by atoms with E-state index in [1.807, 2.05) is 75.4 Å². The van der Waals surface area contributed by atoms with Crippen LogP contribution in [0.5, 0.6) is 0 Å². The molecule has 2 amide bonds. The lowest BCUT2D eigenvalue weighted by Gasteiger charge is -2.34. The van der Waals surface area contributed by atoms with Gasteiger partial charge in [0.05, 0.1) is 10.6 Å². The van der Waals surface area contributed by atoms with E-state index in [2.05, 4.69) is 21.2 Å². The van der Waals surface area contributed by atoms with Crippen LogP contribution in [0.25, 0.3) is 0 Å². The fourth-order valence-electron chi connectivity index (χ4n) is 4.80. The van der Waals surface area contributed by atoms with Crippen LogP contribution in [0.15, 0.2) is 112 Å². The molecule has 0 fully saturated rings. The number of hydrogen-bond acceptors (Lipinski definition) is 4. The minimum atomic E-state index is -4.20. The molecule has 0 bridgehead atoms. The van der Waals surface area contributed by atoms with E-state index < -0.39 is 28.5 Å². The van der Waals surface area contributed by atoms with Crippen molar-refractivity contribution in [2.75, 3.05) is 10.8 Å². The Kier molecular flexibility index (Phi) is 11.8. The average molecular weight is 711 g/mol. The number of sulfonamides is 1. The summed E-state index contributed by atoms with van der Waals surface area (Å²) in [7, 11) is -4.20. The minimum absolute atomic E-state index is 0.00540. The summed E-state index contributed by atoms with van der Waals surface area (Å²) in [6.45, 7) is 5.35. The Balaban J connectivity index is 1.80. The lowest BCUT2D eigenvalue weighted by molar-refractivity contribution is -0.140. The maximum atomic E-state index is 14.5. The zero-order valence-corrected chi connectivity index (χ0v) is 28.6. The van der Waals surface area contributed by atoms with Crippen LogP contribution in [0.2, 0.25) is 5.02 Å². The van der Waals surface area contributed by atoms with E-state index >= 15 is 0 Å². The third kappa shape index (κ3) is 9.19. The summed E-state index contributed by atoms with van der Waals surface area (Å²) in [6.07, 6.45) is 0.960. The van der Waals surface area contributed by atoms with E-state index in [0.717, 1.165) is 25.5 Å². The molecule has 236 valence electrons. The van der Waals surface area contributed by atoms with Gasteiger partial charge in [0.2, 0.25) is 11.8 Å². The van der Waals surface area contributed by atoms with Crippen LogP contribution in [0.4, 0.5) is 5.69 Å². The van der Waals surface area contributed by atoms with Gasteiger partial charge in [-0.2, -0.15) is 0 Å². The van der Waals surface area contributed by atoms with Gasteiger partial charge in [0.1, 0.15) is 12.6 Å². The quantitative estimate of drug-likeness (QED) is 0.160. The van der Waals surface area contributed by atoms with E-state index in [0.29, 0.717) is 17.1 Å². The number of hydrogen-bond donors (Lipinski definition) is 1. The Morgan fingerprint density at radius 2 is 1.53 bits per heavy atom. The molecule has 4 aromatic rings. The fourth-order valence-corrected chi connectivity index (χ4v) is 6.79. The highest BCUT2D eigenvalue weighted by Gasteiger charge is 2.35. The number of rotatable bonds is 13. The first-order valence-electron chi connectivity index (χ1n) is 14.7. The largest absolute Gasteiger partial charge is 0.352 e. The Hall–Kier alpha value is -3.66. The van der Waals surface area contributed by atoms with Crippen LogP contribution in [-0.2, 0) is 32.6 Å². The summed E-state index contributed by atoms with van der Waals surface area (Å²) < 4.78 is 30.1. The summed E-state index contributed by atoms with van der Waals surface area (Å²) in [4.78, 5) is 29.9. The molecule has 0 aliphatic carbocycles. The predicted molar refractivity (Wildman–Crippen MR) is 184 cm³/mol. The van der Waals surface area contributed by atoms with Crippen molar-refractivity contribution >= 4 is 55.1 Å². The molecule has 0 saturated carbocycles. The number of benzene rings is 4. The fraction of sp³-hybridized carbons (Fsp3) is 0.257. The molecular weight excluding hydrogens is 674 g/mol. The molecule has 2 atom stereocenters. The zero-order chi connectivity index (χ0) is 32.6. The maximum Gasteiger partial charge on any atom is 0.264 e. The van der Waals surface area contributed by atoms with Gasteiger partial charge in [0.15, 0.2) is 0 Å². The van der Waals surface area contributed by atoms with Gasteiger partial charge in [-0.3, -0.25) is 13.9 Å². The van der Waals surface area contributed by atoms with Crippen LogP contribution in [-0.4, -0.2) is 43.8 Å². The number of nitrogens with one attached hydrogen (secondary N) is 1. The van der Waals surface area contributed by atoms with E-state index in [9.17, 15) is 18.0 Å². The van der Waals surface area contributed by atoms with Gasteiger partial charge in [0.25, 0.3) is 10.0 Å². The molecule has 0 heterocycles. The molecule has 0 unspecified atom stereocenters. The highest BCUT2D eigenvalue weighted by atomic mass is 79.9. The second-order valence-corrected chi connectivity index (χ2v) is 14.2. The lowest BCUT2D eigenvalue weighted by Crippen LogP contribution is -2.54. The maximum absolute atomic E-state index is 14.5. The number of amides is 2. The first-order valence-corrected chi connectivity index (χ1v) is 17.3. The zero-order valence-electron chi connectivity index (χ0n) is 25.5. The Labute approximate surface area is 279 Å². The number of aryl methyl sites for hydroxylation is 1. The molecule has 7 nitrogen and oxygen atoms in total. The first-order chi connectivity index (χ1) is 21.5. The molecule has 0 aliphatic rings. The van der Waals surface area contributed by atoms with E-state index in [1.54, 1.807) is 24.3 Å². The average Bonchev–Trinajstić information content (AvgIpc) is 3.02. The second-order valence-electron chi connectivity index (χ2n) is 11.0. The van der Waals surface area contributed by atoms with Crippen LogP contribution in [0.3, 0.4) is 0 Å². The normalized spacial score (nSPS) is 12.6. The van der Waals surface area contributed by atoms with Crippen molar-refractivity contribution in [3.8, 4) is 0 Å². The van der Waals surface area contributed by atoms with Crippen molar-refractivity contribution in [2.45, 2.75) is 57.1 Å². The SMILES string of the molecule is CC[C@H](C)NC(=O)[C@H](Cc1ccccc1)N(Cc1cccc(Br)c1)C(=O)CN(c1ccc(C)cc1)S(=O)(=O)c1ccc(Cl)cc1. The minimum Gasteiger partial charge on any atom is -0.352 e. The van der Waals surface area contributed by atoms with E-state index in [4.69, 9.17) is 11.6 Å². The molecular formula is C35H37BrClN3O4S. The molecule has 4 aromatic carbocycles. The third-order valence-electron chi connectivity index (χ3n) is 7.52. The molecule has 0 aromatic heterocycles. The highest BCUT2D eigenvalue weighted by molar-refractivity contribution is 9.10. The number of halogens is 2. The lowest BCUT2D eigenvalue weighted by atomic mass is 10.0. The van der Waals surface area contributed by atoms with Gasteiger partial charge >= 0.3 is 0 Å². The number of carbonyl (C=O) groups excluding carboxylic acids is 2. The molecule has 0 radical (unpaired) electrons. The third-order valence-corrected chi connectivity index (χ3v) is 10.0. The predicted octanol–water partition coefficient (Wildman–Crippen LogP) is 7.16. The van der Waals surface area contributed by atoms with Gasteiger partial charge in [-0.15, -0.1) is 0 Å². The van der Waals surface area contributed by atoms with Gasteiger partial charge in [-0.25, -0.2) is 8.42 Å². The topological polar surface area (TPSA) is 86.8 Å². The van der Waals surface area contributed by atoms with Crippen molar-refractivity contribution in [1.82, 2.24) is 10.2 Å². The summed E-state index contributed by atoms with van der Waals surface area (Å²) in [5.41, 5.74) is 2.93. The summed E-state index contributed by atoms with van der Waals surface area (Å²) >= 11 is 9.56. The molecule has 0 aliphatic heterocycles. The first kappa shape index (κ1) is 34.2. The van der Waals surface area contributed by atoms with Crippen LogP contribution in [0.1, 0.15) is 37.0 Å². The molecule has 0 saturated heterocycles. The number of carbonyl (C=O) groups is 2. The number of anilines is 1. The highest BCUT2D eigenvalue weighted by Crippen LogP contribution is 2.26. The van der Waals surface area contributed by atoms with E-state index in [1.165, 1.54) is 29.2 Å². The van der Waals surface area contributed by atoms with E-state index in [-0.39, 0.29) is 29.8 Å². The van der Waals surface area contributed by atoms with Crippen LogP contribution >= 0.6 is 27.5 Å². The van der Waals surface area contributed by atoms with Crippen molar-refractivity contribution < 1.29 is 18.0 Å². The van der Waals surface area contributed by atoms with Crippen LogP contribution in [0, 0.1) is 6.92 Å². The Morgan fingerprint density at radius 3 is 2.16 bits per heavy atom. The van der Waals surface area contributed by atoms with Crippen molar-refractivity contribution in [1.29, 1.82) is 0 Å². The molecule has 0 spiro atoms. The smallest absolute Gasteiger partial charge is 0.264 e. The van der Waals surface area contributed by atoms with Crippen molar-refractivity contribution in [2.24, 2.45) is 0 Å². The molecule has 45 heavy (non-hydrogen) atoms. The number of nitrogens with zero attached hydrogens (tertiary/aromatic N) is 2. The van der Waals surface area contributed by atoms with Gasteiger partial charge < -0.3 is 10.2 Å². The summed E-state index contributed by atoms with van der Waals surface area (Å²) in [5, 5.41) is 3.44. The van der Waals surface area contributed by atoms with Crippen molar-refractivity contribution in [3.05, 3.63) is 129 Å².